The van der Waals surface area contributed by atoms with E-state index in [4.69, 9.17) is 4.74 Å². The van der Waals surface area contributed by atoms with Crippen molar-refractivity contribution in [3.05, 3.63) is 101 Å². The Hall–Kier alpha value is -2.58. The minimum atomic E-state index is 0.265. The molecule has 0 saturated carbocycles. The molecule has 26 heavy (non-hydrogen) atoms. The number of hydrogen-bond donors (Lipinski definition) is 0. The van der Waals surface area contributed by atoms with Crippen molar-refractivity contribution in [1.82, 2.24) is 4.90 Å². The van der Waals surface area contributed by atoms with Gasteiger partial charge in [-0.05, 0) is 47.7 Å². The van der Waals surface area contributed by atoms with Gasteiger partial charge in [0.2, 0.25) is 0 Å². The van der Waals surface area contributed by atoms with Crippen LogP contribution >= 0.6 is 0 Å². The molecule has 132 valence electrons. The summed E-state index contributed by atoms with van der Waals surface area (Å²) in [5.41, 5.74) is 5.57. The van der Waals surface area contributed by atoms with Crippen molar-refractivity contribution in [1.29, 1.82) is 0 Å². The molecule has 0 aromatic heterocycles. The molecule has 0 aliphatic carbocycles. The van der Waals surface area contributed by atoms with Gasteiger partial charge in [0.1, 0.15) is 5.75 Å². The molecular formula is C24H25NO. The fourth-order valence-electron chi connectivity index (χ4n) is 4.08. The van der Waals surface area contributed by atoms with Crippen molar-refractivity contribution in [3.63, 3.8) is 0 Å². The first-order valence-corrected chi connectivity index (χ1v) is 9.30. The molecule has 0 spiro atoms. The molecule has 0 fully saturated rings. The number of rotatable bonds is 4. The van der Waals surface area contributed by atoms with Gasteiger partial charge in [-0.2, -0.15) is 0 Å². The normalized spacial score (nSPS) is 18.2. The topological polar surface area (TPSA) is 12.5 Å². The van der Waals surface area contributed by atoms with E-state index in [1.807, 2.05) is 0 Å². The Labute approximate surface area is 156 Å². The quantitative estimate of drug-likeness (QED) is 0.628. The van der Waals surface area contributed by atoms with Crippen LogP contribution in [0.1, 0.15) is 41.3 Å². The molecule has 0 radical (unpaired) electrons. The zero-order chi connectivity index (χ0) is 17.9. The second kappa shape index (κ2) is 7.35. The highest BCUT2D eigenvalue weighted by Crippen LogP contribution is 2.40. The zero-order valence-corrected chi connectivity index (χ0v) is 15.4. The third kappa shape index (κ3) is 3.13. The Morgan fingerprint density at radius 2 is 1.58 bits per heavy atom. The van der Waals surface area contributed by atoms with Crippen LogP contribution in [0.4, 0.5) is 0 Å². The summed E-state index contributed by atoms with van der Waals surface area (Å²) >= 11 is 0. The van der Waals surface area contributed by atoms with Gasteiger partial charge in [0, 0.05) is 12.6 Å². The smallest absolute Gasteiger partial charge is 0.118 e. The Morgan fingerprint density at radius 3 is 2.31 bits per heavy atom. The first kappa shape index (κ1) is 16.9. The number of fused-ring (bicyclic) bond motifs is 1. The molecule has 0 N–H and O–H groups in total. The first-order chi connectivity index (χ1) is 12.8. The molecular weight excluding hydrogens is 318 g/mol. The largest absolute Gasteiger partial charge is 0.497 e. The Bertz CT molecular complexity index is 857. The van der Waals surface area contributed by atoms with E-state index in [-0.39, 0.29) is 6.04 Å². The lowest BCUT2D eigenvalue weighted by Crippen LogP contribution is -2.38. The second-order valence-corrected chi connectivity index (χ2v) is 6.95. The van der Waals surface area contributed by atoms with E-state index in [9.17, 15) is 0 Å². The minimum Gasteiger partial charge on any atom is -0.497 e. The Balaban J connectivity index is 1.77. The van der Waals surface area contributed by atoms with Crippen molar-refractivity contribution < 1.29 is 4.74 Å². The van der Waals surface area contributed by atoms with Crippen LogP contribution in [0.3, 0.4) is 0 Å². The number of methoxy groups -OCH3 is 1. The van der Waals surface area contributed by atoms with Crippen LogP contribution in [0, 0.1) is 0 Å². The number of ether oxygens (including phenoxy) is 1. The highest BCUT2D eigenvalue weighted by Gasteiger charge is 2.32. The molecule has 2 nitrogen and oxygen atoms in total. The molecule has 2 atom stereocenters. The number of nitrogens with zero attached hydrogens (tertiary/aromatic N) is 1. The van der Waals surface area contributed by atoms with E-state index in [0.717, 1.165) is 18.7 Å². The number of hydrogen-bond acceptors (Lipinski definition) is 2. The minimum absolute atomic E-state index is 0.265. The predicted octanol–water partition coefficient (Wildman–Crippen LogP) is 5.40. The highest BCUT2D eigenvalue weighted by molar-refractivity contribution is 5.42. The summed E-state index contributed by atoms with van der Waals surface area (Å²) in [5.74, 6) is 0.903. The van der Waals surface area contributed by atoms with Gasteiger partial charge in [0.05, 0.1) is 13.2 Å². The van der Waals surface area contributed by atoms with Gasteiger partial charge in [0.15, 0.2) is 0 Å². The molecule has 0 bridgehead atoms. The van der Waals surface area contributed by atoms with Gasteiger partial charge in [-0.1, -0.05) is 66.7 Å². The molecule has 3 aromatic carbocycles. The monoisotopic (exact) mass is 343 g/mol. The van der Waals surface area contributed by atoms with Crippen LogP contribution in [0.5, 0.6) is 5.75 Å². The van der Waals surface area contributed by atoms with Crippen molar-refractivity contribution in [2.75, 3.05) is 13.7 Å². The van der Waals surface area contributed by atoms with Gasteiger partial charge >= 0.3 is 0 Å². The van der Waals surface area contributed by atoms with Gasteiger partial charge in [-0.3, -0.25) is 4.90 Å². The summed E-state index contributed by atoms with van der Waals surface area (Å²) in [6.45, 7) is 3.38. The van der Waals surface area contributed by atoms with Gasteiger partial charge in [-0.15, -0.1) is 0 Å². The molecule has 0 amide bonds. The van der Waals surface area contributed by atoms with E-state index < -0.39 is 0 Å². The first-order valence-electron chi connectivity index (χ1n) is 9.30. The van der Waals surface area contributed by atoms with Crippen molar-refractivity contribution >= 4 is 0 Å². The van der Waals surface area contributed by atoms with E-state index in [2.05, 4.69) is 90.7 Å². The third-order valence-electron chi connectivity index (χ3n) is 5.53. The summed E-state index contributed by atoms with van der Waals surface area (Å²) in [6.07, 6.45) is 1.10. The fourth-order valence-corrected chi connectivity index (χ4v) is 4.08. The second-order valence-electron chi connectivity index (χ2n) is 6.95. The van der Waals surface area contributed by atoms with Crippen LogP contribution in [-0.2, 0) is 6.42 Å². The molecule has 4 rings (SSSR count). The Morgan fingerprint density at radius 1 is 0.885 bits per heavy atom. The predicted molar refractivity (Wildman–Crippen MR) is 107 cm³/mol. The van der Waals surface area contributed by atoms with Gasteiger partial charge < -0.3 is 4.74 Å². The SMILES string of the molecule is COc1ccc([C@H]2c3ccccc3CCN2[C@H](C)c2ccccc2)cc1. The molecule has 2 heteroatoms. The standard InChI is InChI=1S/C24H25NO/c1-18(19-8-4-3-5-9-19)25-17-16-20-10-6-7-11-23(20)24(25)21-12-14-22(26-2)15-13-21/h3-15,18,24H,16-17H2,1-2H3/t18-,24+/m1/s1. The maximum atomic E-state index is 5.36. The van der Waals surface area contributed by atoms with E-state index in [1.165, 1.54) is 22.3 Å². The average Bonchev–Trinajstić information content (AvgIpc) is 2.73. The van der Waals surface area contributed by atoms with Crippen LogP contribution in [0.2, 0.25) is 0 Å². The maximum Gasteiger partial charge on any atom is 0.118 e. The summed E-state index contributed by atoms with van der Waals surface area (Å²) in [5, 5.41) is 0. The molecule has 3 aromatic rings. The van der Waals surface area contributed by atoms with E-state index in [0.29, 0.717) is 6.04 Å². The van der Waals surface area contributed by atoms with Crippen molar-refractivity contribution in [2.45, 2.75) is 25.4 Å². The van der Waals surface area contributed by atoms with E-state index in [1.54, 1.807) is 7.11 Å². The van der Waals surface area contributed by atoms with Crippen LogP contribution in [0.15, 0.2) is 78.9 Å². The van der Waals surface area contributed by atoms with Crippen molar-refractivity contribution in [3.8, 4) is 5.75 Å². The van der Waals surface area contributed by atoms with Crippen LogP contribution in [-0.4, -0.2) is 18.6 Å². The Kier molecular flexibility index (Phi) is 4.77. The lowest BCUT2D eigenvalue weighted by Gasteiger charge is -2.41. The summed E-state index contributed by atoms with van der Waals surface area (Å²) in [4.78, 5) is 2.62. The molecule has 0 saturated heterocycles. The third-order valence-corrected chi connectivity index (χ3v) is 5.53. The van der Waals surface area contributed by atoms with Gasteiger partial charge in [-0.25, -0.2) is 0 Å². The van der Waals surface area contributed by atoms with Crippen LogP contribution < -0.4 is 4.74 Å². The van der Waals surface area contributed by atoms with Crippen molar-refractivity contribution in [2.24, 2.45) is 0 Å². The summed E-state index contributed by atoms with van der Waals surface area (Å²) in [7, 11) is 1.72. The average molecular weight is 343 g/mol. The van der Waals surface area contributed by atoms with E-state index >= 15 is 0 Å². The lowest BCUT2D eigenvalue weighted by atomic mass is 9.86. The number of benzene rings is 3. The molecule has 1 heterocycles. The molecule has 1 aliphatic rings. The summed E-state index contributed by atoms with van der Waals surface area (Å²) < 4.78 is 5.36. The molecule has 0 unspecified atom stereocenters. The van der Waals surface area contributed by atoms with Gasteiger partial charge in [0.25, 0.3) is 0 Å². The summed E-state index contributed by atoms with van der Waals surface area (Å²) in [6, 6.07) is 28.9. The molecule has 1 aliphatic heterocycles. The lowest BCUT2D eigenvalue weighted by molar-refractivity contribution is 0.157. The van der Waals surface area contributed by atoms with Crippen LogP contribution in [0.25, 0.3) is 0 Å². The fraction of sp³-hybridized carbons (Fsp3) is 0.250. The zero-order valence-electron chi connectivity index (χ0n) is 15.4. The highest BCUT2D eigenvalue weighted by atomic mass is 16.5. The maximum absolute atomic E-state index is 5.36.